The number of nitriles is 1. The molecule has 0 unspecified atom stereocenters. The Morgan fingerprint density at radius 3 is 2.70 bits per heavy atom. The topological polar surface area (TPSA) is 94.9 Å². The number of benzene rings is 1. The van der Waals surface area contributed by atoms with Gasteiger partial charge in [-0.05, 0) is 32.0 Å². The highest BCUT2D eigenvalue weighted by Crippen LogP contribution is 2.27. The molecule has 0 saturated carbocycles. The van der Waals surface area contributed by atoms with E-state index in [4.69, 9.17) is 0 Å². The van der Waals surface area contributed by atoms with Crippen molar-refractivity contribution in [3.63, 3.8) is 0 Å². The minimum atomic E-state index is -0.437. The molecule has 1 heterocycles. The van der Waals surface area contributed by atoms with Gasteiger partial charge in [-0.15, -0.1) is 6.58 Å². The number of nitrogens with zero attached hydrogens (tertiary/aromatic N) is 2. The molecule has 0 aliphatic carbocycles. The van der Waals surface area contributed by atoms with Crippen molar-refractivity contribution in [3.8, 4) is 6.07 Å². The number of pyridine rings is 1. The SMILES string of the molecule is C=CCNC(=O)[C@H](C)Sc1nc(C)c(C(=O)Nc2ccccc2)cc1C#N. The van der Waals surface area contributed by atoms with E-state index in [1.54, 1.807) is 32.1 Å². The van der Waals surface area contributed by atoms with Gasteiger partial charge < -0.3 is 10.6 Å². The van der Waals surface area contributed by atoms with Gasteiger partial charge in [-0.2, -0.15) is 5.26 Å². The van der Waals surface area contributed by atoms with Crippen molar-refractivity contribution in [2.75, 3.05) is 11.9 Å². The number of carbonyl (C=O) groups excluding carboxylic acids is 2. The lowest BCUT2D eigenvalue weighted by molar-refractivity contribution is -0.120. The van der Waals surface area contributed by atoms with E-state index >= 15 is 0 Å². The van der Waals surface area contributed by atoms with Gasteiger partial charge in [0.25, 0.3) is 5.91 Å². The van der Waals surface area contributed by atoms with E-state index in [2.05, 4.69) is 28.3 Å². The standard InChI is InChI=1S/C20H20N4O2S/c1-4-10-22-18(25)14(3)27-20-15(12-21)11-17(13(2)23-20)19(26)24-16-8-6-5-7-9-16/h4-9,11,14H,1,10H2,2-3H3,(H,22,25)(H,24,26)/t14-/m0/s1. The normalized spacial score (nSPS) is 11.1. The van der Waals surface area contributed by atoms with Gasteiger partial charge in [-0.3, -0.25) is 9.59 Å². The van der Waals surface area contributed by atoms with Crippen LogP contribution in [0, 0.1) is 18.3 Å². The summed E-state index contributed by atoms with van der Waals surface area (Å²) in [6.07, 6.45) is 1.60. The largest absolute Gasteiger partial charge is 0.352 e. The fourth-order valence-electron chi connectivity index (χ4n) is 2.24. The van der Waals surface area contributed by atoms with Crippen LogP contribution in [0.3, 0.4) is 0 Å². The number of amides is 2. The lowest BCUT2D eigenvalue weighted by Gasteiger charge is -2.13. The average Bonchev–Trinajstić information content (AvgIpc) is 2.66. The first kappa shape index (κ1) is 20.2. The van der Waals surface area contributed by atoms with Gasteiger partial charge in [0.2, 0.25) is 5.91 Å². The van der Waals surface area contributed by atoms with Crippen molar-refractivity contribution in [1.82, 2.24) is 10.3 Å². The van der Waals surface area contributed by atoms with Gasteiger partial charge in [-0.1, -0.05) is 36.0 Å². The van der Waals surface area contributed by atoms with E-state index in [-0.39, 0.29) is 17.4 Å². The summed E-state index contributed by atoms with van der Waals surface area (Å²) >= 11 is 1.18. The minimum absolute atomic E-state index is 0.172. The Labute approximate surface area is 162 Å². The quantitative estimate of drug-likeness (QED) is 0.568. The van der Waals surface area contributed by atoms with E-state index in [1.165, 1.54) is 17.8 Å². The summed E-state index contributed by atoms with van der Waals surface area (Å²) in [4.78, 5) is 28.9. The van der Waals surface area contributed by atoms with Crippen molar-refractivity contribution >= 4 is 29.3 Å². The number of carbonyl (C=O) groups is 2. The zero-order valence-corrected chi connectivity index (χ0v) is 16.0. The number of anilines is 1. The second kappa shape index (κ2) is 9.55. The molecule has 0 aliphatic rings. The molecule has 1 aromatic carbocycles. The Balaban J connectivity index is 2.21. The molecule has 0 bridgehead atoms. The number of hydrogen-bond donors (Lipinski definition) is 2. The van der Waals surface area contributed by atoms with Gasteiger partial charge in [-0.25, -0.2) is 4.98 Å². The fraction of sp³-hybridized carbons (Fsp3) is 0.200. The number of aromatic nitrogens is 1. The van der Waals surface area contributed by atoms with Crippen LogP contribution in [0.5, 0.6) is 0 Å². The van der Waals surface area contributed by atoms with Crippen LogP contribution in [0.25, 0.3) is 0 Å². The number of para-hydroxylation sites is 1. The van der Waals surface area contributed by atoms with E-state index in [0.717, 1.165) is 0 Å². The second-order valence-corrected chi connectivity index (χ2v) is 7.03. The third kappa shape index (κ3) is 5.43. The highest BCUT2D eigenvalue weighted by atomic mass is 32.2. The summed E-state index contributed by atoms with van der Waals surface area (Å²) in [7, 11) is 0. The van der Waals surface area contributed by atoms with Crippen LogP contribution in [0.2, 0.25) is 0 Å². The van der Waals surface area contributed by atoms with Gasteiger partial charge in [0.15, 0.2) is 0 Å². The van der Waals surface area contributed by atoms with Gasteiger partial charge >= 0.3 is 0 Å². The van der Waals surface area contributed by atoms with Crippen molar-refractivity contribution in [1.29, 1.82) is 5.26 Å². The fourth-order valence-corrected chi connectivity index (χ4v) is 3.19. The van der Waals surface area contributed by atoms with Crippen molar-refractivity contribution < 1.29 is 9.59 Å². The smallest absolute Gasteiger partial charge is 0.257 e. The maximum Gasteiger partial charge on any atom is 0.257 e. The van der Waals surface area contributed by atoms with E-state index in [0.29, 0.717) is 28.5 Å². The molecule has 1 atom stereocenters. The van der Waals surface area contributed by atoms with E-state index in [1.807, 2.05) is 18.2 Å². The number of hydrogen-bond acceptors (Lipinski definition) is 5. The predicted octanol–water partition coefficient (Wildman–Crippen LogP) is 3.30. The van der Waals surface area contributed by atoms with Crippen molar-refractivity contribution in [3.05, 3.63) is 65.9 Å². The molecule has 0 spiro atoms. The van der Waals surface area contributed by atoms with Crippen LogP contribution in [0.1, 0.15) is 28.5 Å². The molecule has 0 radical (unpaired) electrons. The highest BCUT2D eigenvalue weighted by Gasteiger charge is 2.20. The third-order valence-corrected chi connectivity index (χ3v) is 4.76. The number of rotatable bonds is 7. The summed E-state index contributed by atoms with van der Waals surface area (Å²) in [5.74, 6) is -0.509. The van der Waals surface area contributed by atoms with Crippen LogP contribution in [-0.4, -0.2) is 28.6 Å². The Morgan fingerprint density at radius 1 is 1.37 bits per heavy atom. The molecule has 27 heavy (non-hydrogen) atoms. The van der Waals surface area contributed by atoms with E-state index in [9.17, 15) is 14.9 Å². The number of thioether (sulfide) groups is 1. The average molecular weight is 380 g/mol. The Morgan fingerprint density at radius 2 is 2.07 bits per heavy atom. The molecule has 138 valence electrons. The first-order chi connectivity index (χ1) is 13.0. The third-order valence-electron chi connectivity index (χ3n) is 3.65. The molecule has 2 amide bonds. The van der Waals surface area contributed by atoms with Crippen LogP contribution in [-0.2, 0) is 4.79 Å². The molecule has 7 heteroatoms. The van der Waals surface area contributed by atoms with Gasteiger partial charge in [0.05, 0.1) is 22.1 Å². The molecule has 0 aliphatic heterocycles. The summed E-state index contributed by atoms with van der Waals surface area (Å²) in [5, 5.41) is 14.9. The Bertz CT molecular complexity index is 891. The highest BCUT2D eigenvalue weighted by molar-refractivity contribution is 8.00. The predicted molar refractivity (Wildman–Crippen MR) is 107 cm³/mol. The van der Waals surface area contributed by atoms with Gasteiger partial charge in [0.1, 0.15) is 11.1 Å². The van der Waals surface area contributed by atoms with Crippen LogP contribution in [0.4, 0.5) is 5.69 Å². The summed E-state index contributed by atoms with van der Waals surface area (Å²) in [6.45, 7) is 7.37. The molecule has 2 N–H and O–H groups in total. The van der Waals surface area contributed by atoms with Gasteiger partial charge in [0, 0.05) is 12.2 Å². The molecular weight excluding hydrogens is 360 g/mol. The van der Waals surface area contributed by atoms with Crippen molar-refractivity contribution in [2.24, 2.45) is 0 Å². The lowest BCUT2D eigenvalue weighted by Crippen LogP contribution is -2.31. The minimum Gasteiger partial charge on any atom is -0.352 e. The van der Waals surface area contributed by atoms with Crippen LogP contribution >= 0.6 is 11.8 Å². The molecule has 1 aromatic heterocycles. The van der Waals surface area contributed by atoms with E-state index < -0.39 is 5.25 Å². The van der Waals surface area contributed by atoms with Crippen LogP contribution < -0.4 is 10.6 Å². The first-order valence-corrected chi connectivity index (χ1v) is 9.17. The van der Waals surface area contributed by atoms with Crippen LogP contribution in [0.15, 0.2) is 54.1 Å². The molecular formula is C20H20N4O2S. The Kier molecular flexibility index (Phi) is 7.15. The monoisotopic (exact) mass is 380 g/mol. The number of nitrogens with one attached hydrogen (secondary N) is 2. The van der Waals surface area contributed by atoms with Crippen molar-refractivity contribution in [2.45, 2.75) is 24.1 Å². The second-order valence-electron chi connectivity index (χ2n) is 5.70. The summed E-state index contributed by atoms with van der Waals surface area (Å²) in [5.41, 5.74) is 1.73. The lowest BCUT2D eigenvalue weighted by atomic mass is 10.1. The molecule has 0 fully saturated rings. The molecule has 2 rings (SSSR count). The Hall–Kier alpha value is -3.11. The zero-order valence-electron chi connectivity index (χ0n) is 15.2. The maximum atomic E-state index is 12.5. The summed E-state index contributed by atoms with van der Waals surface area (Å²) < 4.78 is 0. The molecule has 0 saturated heterocycles. The zero-order chi connectivity index (χ0) is 19.8. The molecule has 2 aromatic rings. The maximum absolute atomic E-state index is 12.5. The first-order valence-electron chi connectivity index (χ1n) is 8.29. The number of aryl methyl sites for hydroxylation is 1. The summed E-state index contributed by atoms with van der Waals surface area (Å²) in [6, 6.07) is 12.6. The molecule has 6 nitrogen and oxygen atoms in total.